The summed E-state index contributed by atoms with van der Waals surface area (Å²) in [5.41, 5.74) is 1.95. The maximum absolute atomic E-state index is 13.5. The molecule has 0 bridgehead atoms. The Kier molecular flexibility index (Phi) is 8.31. The zero-order chi connectivity index (χ0) is 19.6. The Balaban J connectivity index is 2.13. The van der Waals surface area contributed by atoms with Gasteiger partial charge in [-0.25, -0.2) is 4.39 Å². The van der Waals surface area contributed by atoms with Gasteiger partial charge in [-0.1, -0.05) is 44.9 Å². The Morgan fingerprint density at radius 1 is 1.30 bits per heavy atom. The maximum Gasteiger partial charge on any atom is 0.226 e. The number of aromatic nitrogens is 1. The number of amides is 1. The van der Waals surface area contributed by atoms with Crippen molar-refractivity contribution in [3.8, 4) is 0 Å². The van der Waals surface area contributed by atoms with Crippen LogP contribution in [0.1, 0.15) is 50.8 Å². The highest BCUT2D eigenvalue weighted by Gasteiger charge is 2.22. The summed E-state index contributed by atoms with van der Waals surface area (Å²) >= 11 is 0. The van der Waals surface area contributed by atoms with E-state index in [1.54, 1.807) is 18.2 Å². The van der Waals surface area contributed by atoms with Gasteiger partial charge in [-0.05, 0) is 42.7 Å². The number of carbonyl (C=O) groups excluding carboxylic acids is 1. The molecule has 27 heavy (non-hydrogen) atoms. The molecule has 0 aliphatic heterocycles. The molecule has 0 aliphatic carbocycles. The zero-order valence-corrected chi connectivity index (χ0v) is 16.5. The van der Waals surface area contributed by atoms with E-state index in [-0.39, 0.29) is 17.6 Å². The number of benzene rings is 1. The highest BCUT2D eigenvalue weighted by Crippen LogP contribution is 2.19. The first-order valence-electron chi connectivity index (χ1n) is 9.87. The molecule has 1 aromatic carbocycles. The summed E-state index contributed by atoms with van der Waals surface area (Å²) in [5.74, 6) is 0.0345. The summed E-state index contributed by atoms with van der Waals surface area (Å²) in [7, 11) is 0. The van der Waals surface area contributed by atoms with Gasteiger partial charge < -0.3 is 9.47 Å². The first-order valence-corrected chi connectivity index (χ1v) is 9.87. The third-order valence-corrected chi connectivity index (χ3v) is 4.93. The highest BCUT2D eigenvalue weighted by molar-refractivity contribution is 5.78. The van der Waals surface area contributed by atoms with E-state index in [1.807, 2.05) is 29.3 Å². The lowest BCUT2D eigenvalue weighted by molar-refractivity contribution is -0.136. The molecule has 0 fully saturated rings. The van der Waals surface area contributed by atoms with Crippen LogP contribution in [0.5, 0.6) is 0 Å². The zero-order valence-electron chi connectivity index (χ0n) is 16.5. The topological polar surface area (TPSA) is 25.2 Å². The summed E-state index contributed by atoms with van der Waals surface area (Å²) < 4.78 is 15.5. The Labute approximate surface area is 162 Å². The second kappa shape index (κ2) is 10.7. The summed E-state index contributed by atoms with van der Waals surface area (Å²) in [4.78, 5) is 14.9. The minimum Gasteiger partial charge on any atom is -0.345 e. The van der Waals surface area contributed by atoms with Gasteiger partial charge in [0.05, 0.1) is 6.54 Å². The Morgan fingerprint density at radius 3 is 2.78 bits per heavy atom. The molecule has 4 heteroatoms. The number of carbonyl (C=O) groups is 1. The van der Waals surface area contributed by atoms with Crippen LogP contribution in [0.2, 0.25) is 0 Å². The van der Waals surface area contributed by atoms with Crippen LogP contribution in [0.4, 0.5) is 4.39 Å². The van der Waals surface area contributed by atoms with Gasteiger partial charge in [0.1, 0.15) is 5.82 Å². The van der Waals surface area contributed by atoms with Crippen LogP contribution >= 0.6 is 0 Å². The van der Waals surface area contributed by atoms with Crippen LogP contribution < -0.4 is 0 Å². The second-order valence-corrected chi connectivity index (χ2v) is 7.01. The van der Waals surface area contributed by atoms with Gasteiger partial charge in [-0.15, -0.1) is 6.58 Å². The number of hydrogen-bond donors (Lipinski definition) is 0. The second-order valence-electron chi connectivity index (χ2n) is 7.01. The van der Waals surface area contributed by atoms with Crippen molar-refractivity contribution in [1.29, 1.82) is 0 Å². The van der Waals surface area contributed by atoms with E-state index in [9.17, 15) is 9.18 Å². The predicted octanol–water partition coefficient (Wildman–Crippen LogP) is 5.41. The molecular formula is C23H31FN2O. The average molecular weight is 371 g/mol. The average Bonchev–Trinajstić information content (AvgIpc) is 3.08. The van der Waals surface area contributed by atoms with E-state index in [4.69, 9.17) is 0 Å². The van der Waals surface area contributed by atoms with Crippen molar-refractivity contribution >= 4 is 5.91 Å². The van der Waals surface area contributed by atoms with Crippen molar-refractivity contribution in [1.82, 2.24) is 9.47 Å². The first-order chi connectivity index (χ1) is 13.1. The molecule has 1 atom stereocenters. The largest absolute Gasteiger partial charge is 0.345 e. The Bertz CT molecular complexity index is 737. The van der Waals surface area contributed by atoms with Crippen molar-refractivity contribution < 1.29 is 9.18 Å². The maximum atomic E-state index is 13.5. The normalized spacial score (nSPS) is 12.0. The molecule has 1 aromatic heterocycles. The monoisotopic (exact) mass is 370 g/mol. The van der Waals surface area contributed by atoms with E-state index in [1.165, 1.54) is 6.07 Å². The van der Waals surface area contributed by atoms with E-state index in [0.29, 0.717) is 19.6 Å². The van der Waals surface area contributed by atoms with Crippen LogP contribution in [-0.4, -0.2) is 21.9 Å². The molecule has 0 aliphatic rings. The van der Waals surface area contributed by atoms with E-state index >= 15 is 0 Å². The summed E-state index contributed by atoms with van der Waals surface area (Å²) in [6, 6.07) is 10.6. The van der Waals surface area contributed by atoms with Gasteiger partial charge in [-0.2, -0.15) is 0 Å². The first kappa shape index (κ1) is 20.9. The van der Waals surface area contributed by atoms with E-state index < -0.39 is 0 Å². The predicted molar refractivity (Wildman–Crippen MR) is 109 cm³/mol. The minimum atomic E-state index is -0.230. The molecule has 2 aromatic rings. The van der Waals surface area contributed by atoms with E-state index in [0.717, 1.165) is 36.9 Å². The van der Waals surface area contributed by atoms with Crippen molar-refractivity contribution in [2.45, 2.75) is 52.6 Å². The molecule has 2 rings (SSSR count). The van der Waals surface area contributed by atoms with Gasteiger partial charge >= 0.3 is 0 Å². The van der Waals surface area contributed by atoms with Gasteiger partial charge in [0.25, 0.3) is 0 Å². The van der Waals surface area contributed by atoms with Gasteiger partial charge in [0.15, 0.2) is 0 Å². The molecule has 0 unspecified atom stereocenters. The highest BCUT2D eigenvalue weighted by atomic mass is 19.1. The molecular weight excluding hydrogens is 339 g/mol. The summed E-state index contributed by atoms with van der Waals surface area (Å²) in [5, 5.41) is 0. The van der Waals surface area contributed by atoms with Gasteiger partial charge in [0, 0.05) is 30.9 Å². The SMILES string of the molecule is C=CCN(Cc1cccn1Cc1cccc(F)c1)C(=O)[C@@H](CC)CCCC. The van der Waals surface area contributed by atoms with Gasteiger partial charge in [-0.3, -0.25) is 4.79 Å². The van der Waals surface area contributed by atoms with Crippen molar-refractivity contribution in [2.75, 3.05) is 6.54 Å². The van der Waals surface area contributed by atoms with Crippen molar-refractivity contribution in [2.24, 2.45) is 5.92 Å². The fourth-order valence-corrected chi connectivity index (χ4v) is 3.37. The molecule has 0 radical (unpaired) electrons. The van der Waals surface area contributed by atoms with Crippen LogP contribution in [0.25, 0.3) is 0 Å². The molecule has 0 spiro atoms. The van der Waals surface area contributed by atoms with Crippen molar-refractivity contribution in [3.63, 3.8) is 0 Å². The molecule has 0 saturated heterocycles. The van der Waals surface area contributed by atoms with Crippen LogP contribution in [-0.2, 0) is 17.9 Å². The number of nitrogens with zero attached hydrogens (tertiary/aromatic N) is 2. The summed E-state index contributed by atoms with van der Waals surface area (Å²) in [6.45, 7) is 9.71. The quantitative estimate of drug-likeness (QED) is 0.486. The summed E-state index contributed by atoms with van der Waals surface area (Å²) in [6.07, 6.45) is 7.72. The molecule has 3 nitrogen and oxygen atoms in total. The lowest BCUT2D eigenvalue weighted by Gasteiger charge is -2.26. The standard InChI is InChI=1S/C23H31FN2O/c1-4-7-11-20(6-3)23(27)26(14-5-2)18-22-13-9-15-25(22)17-19-10-8-12-21(24)16-19/h5,8-10,12-13,15-16,20H,2,4,6-7,11,14,17-18H2,1,3H3/t20-/m0/s1. The third-order valence-electron chi connectivity index (χ3n) is 4.93. The van der Waals surface area contributed by atoms with Crippen LogP contribution in [0, 0.1) is 11.7 Å². The Hall–Kier alpha value is -2.36. The lowest BCUT2D eigenvalue weighted by atomic mass is 9.97. The van der Waals surface area contributed by atoms with Gasteiger partial charge in [0.2, 0.25) is 5.91 Å². The fraction of sp³-hybridized carbons (Fsp3) is 0.435. The minimum absolute atomic E-state index is 0.0662. The number of hydrogen-bond acceptors (Lipinski definition) is 1. The molecule has 0 saturated carbocycles. The van der Waals surface area contributed by atoms with Crippen LogP contribution in [0.15, 0.2) is 55.3 Å². The van der Waals surface area contributed by atoms with Crippen molar-refractivity contribution in [3.05, 3.63) is 72.3 Å². The lowest BCUT2D eigenvalue weighted by Crippen LogP contribution is -2.36. The Morgan fingerprint density at radius 2 is 2.11 bits per heavy atom. The number of halogens is 1. The number of unbranched alkanes of at least 4 members (excludes halogenated alkanes) is 1. The fourth-order valence-electron chi connectivity index (χ4n) is 3.37. The molecule has 1 amide bonds. The third kappa shape index (κ3) is 6.09. The molecule has 1 heterocycles. The van der Waals surface area contributed by atoms with Crippen LogP contribution in [0.3, 0.4) is 0 Å². The van der Waals surface area contributed by atoms with E-state index in [2.05, 4.69) is 25.0 Å². The molecule has 0 N–H and O–H groups in total. The smallest absolute Gasteiger partial charge is 0.226 e. The molecule has 146 valence electrons. The number of rotatable bonds is 11.